The van der Waals surface area contributed by atoms with Gasteiger partial charge in [-0.1, -0.05) is 6.07 Å². The summed E-state index contributed by atoms with van der Waals surface area (Å²) >= 11 is 3.38. The van der Waals surface area contributed by atoms with Crippen LogP contribution >= 0.6 is 15.9 Å². The van der Waals surface area contributed by atoms with E-state index in [-0.39, 0.29) is 23.8 Å². The summed E-state index contributed by atoms with van der Waals surface area (Å²) in [6.07, 6.45) is -0.206. The molecule has 9 heteroatoms. The van der Waals surface area contributed by atoms with Crippen LogP contribution in [0.4, 0.5) is 11.4 Å². The Morgan fingerprint density at radius 2 is 2.04 bits per heavy atom. The molecule has 1 aliphatic rings. The first kappa shape index (κ1) is 20.3. The molecule has 28 heavy (non-hydrogen) atoms. The van der Waals surface area contributed by atoms with Gasteiger partial charge in [-0.15, -0.1) is 0 Å². The van der Waals surface area contributed by atoms with Crippen LogP contribution < -0.4 is 15.4 Å². The highest BCUT2D eigenvalue weighted by Crippen LogP contribution is 2.32. The normalized spacial score (nSPS) is 14.5. The number of anilines is 2. The monoisotopic (exact) mass is 466 g/mol. The van der Waals surface area contributed by atoms with Crippen molar-refractivity contribution in [3.8, 4) is 5.75 Å². The smallest absolute Gasteiger partial charge is 0.262 e. The fourth-order valence-electron chi connectivity index (χ4n) is 2.77. The van der Waals surface area contributed by atoms with Crippen LogP contribution in [0.2, 0.25) is 0 Å². The summed E-state index contributed by atoms with van der Waals surface area (Å²) in [6.45, 7) is 3.30. The number of rotatable bonds is 5. The number of fused-ring (bicyclic) bond motifs is 1. The minimum atomic E-state index is -3.77. The molecular formula is C19H19BrN2O5S. The van der Waals surface area contributed by atoms with Crippen molar-refractivity contribution in [1.29, 1.82) is 0 Å². The molecule has 7 nitrogen and oxygen atoms in total. The van der Waals surface area contributed by atoms with Crippen molar-refractivity contribution in [2.45, 2.75) is 30.4 Å². The first-order chi connectivity index (χ1) is 13.2. The minimum absolute atomic E-state index is 0.0221. The molecule has 0 spiro atoms. The lowest BCUT2D eigenvalue weighted by molar-refractivity contribution is -0.118. The Morgan fingerprint density at radius 3 is 2.75 bits per heavy atom. The number of nitrogens with one attached hydrogen (secondary N) is 2. The Hall–Kier alpha value is -2.39. The number of hydrogen-bond donors (Lipinski definition) is 2. The van der Waals surface area contributed by atoms with Crippen LogP contribution in [0.15, 0.2) is 45.8 Å². The maximum absolute atomic E-state index is 12.9. The van der Waals surface area contributed by atoms with E-state index in [1.54, 1.807) is 6.07 Å². The third-order valence-corrected chi connectivity index (χ3v) is 7.11. The SMILES string of the molecule is Cc1ccc(NC(=O)CC(C)S(=O)(=O)c2ccc3c(c2)NC(=O)CO3)c(Br)c1. The molecule has 0 aromatic heterocycles. The van der Waals surface area contributed by atoms with Crippen molar-refractivity contribution in [1.82, 2.24) is 0 Å². The predicted octanol–water partition coefficient (Wildman–Crippen LogP) is 3.28. The molecule has 1 aliphatic heterocycles. The van der Waals surface area contributed by atoms with Gasteiger partial charge in [0.2, 0.25) is 5.91 Å². The molecule has 0 saturated carbocycles. The number of benzene rings is 2. The first-order valence-corrected chi connectivity index (χ1v) is 10.9. The maximum Gasteiger partial charge on any atom is 0.262 e. The highest BCUT2D eigenvalue weighted by atomic mass is 79.9. The standard InChI is InChI=1S/C19H19BrN2O5S/c1-11-3-5-15(14(20)7-11)21-18(23)8-12(2)28(25,26)13-4-6-17-16(9-13)22-19(24)10-27-17/h3-7,9,12H,8,10H2,1-2H3,(H,21,23)(H,22,24). The van der Waals surface area contributed by atoms with E-state index >= 15 is 0 Å². The molecule has 0 aliphatic carbocycles. The first-order valence-electron chi connectivity index (χ1n) is 8.53. The van der Waals surface area contributed by atoms with Crippen molar-refractivity contribution in [2.24, 2.45) is 0 Å². The third-order valence-electron chi connectivity index (χ3n) is 4.31. The van der Waals surface area contributed by atoms with Crippen molar-refractivity contribution in [3.63, 3.8) is 0 Å². The molecule has 1 heterocycles. The predicted molar refractivity (Wildman–Crippen MR) is 109 cm³/mol. The number of sulfone groups is 1. The molecule has 0 fully saturated rings. The second-order valence-corrected chi connectivity index (χ2v) is 9.81. The number of aryl methyl sites for hydroxylation is 1. The van der Waals surface area contributed by atoms with E-state index in [9.17, 15) is 18.0 Å². The summed E-state index contributed by atoms with van der Waals surface area (Å²) in [5, 5.41) is 4.35. The molecule has 2 N–H and O–H groups in total. The van der Waals surface area contributed by atoms with Crippen molar-refractivity contribution < 1.29 is 22.7 Å². The van der Waals surface area contributed by atoms with E-state index in [1.807, 2.05) is 19.1 Å². The average molecular weight is 467 g/mol. The van der Waals surface area contributed by atoms with Gasteiger partial charge in [0.25, 0.3) is 5.91 Å². The van der Waals surface area contributed by atoms with Crippen molar-refractivity contribution in [3.05, 3.63) is 46.4 Å². The highest BCUT2D eigenvalue weighted by molar-refractivity contribution is 9.10. The zero-order chi connectivity index (χ0) is 20.5. The molecular weight excluding hydrogens is 448 g/mol. The van der Waals surface area contributed by atoms with Gasteiger partial charge in [-0.3, -0.25) is 9.59 Å². The number of hydrogen-bond acceptors (Lipinski definition) is 5. The fraction of sp³-hybridized carbons (Fsp3) is 0.263. The molecule has 2 aromatic carbocycles. The topological polar surface area (TPSA) is 102 Å². The van der Waals surface area contributed by atoms with Gasteiger partial charge in [-0.05, 0) is 65.7 Å². The zero-order valence-electron chi connectivity index (χ0n) is 15.3. The molecule has 2 aromatic rings. The van der Waals surface area contributed by atoms with Gasteiger partial charge in [-0.2, -0.15) is 0 Å². The summed E-state index contributed by atoms with van der Waals surface area (Å²) in [5.41, 5.74) is 1.91. The number of carbonyl (C=O) groups is 2. The fourth-order valence-corrected chi connectivity index (χ4v) is 4.73. The van der Waals surface area contributed by atoms with E-state index in [4.69, 9.17) is 4.74 Å². The maximum atomic E-state index is 12.9. The van der Waals surface area contributed by atoms with E-state index in [1.165, 1.54) is 25.1 Å². The van der Waals surface area contributed by atoms with Gasteiger partial charge in [0, 0.05) is 10.9 Å². The molecule has 3 rings (SSSR count). The van der Waals surface area contributed by atoms with E-state index in [2.05, 4.69) is 26.6 Å². The van der Waals surface area contributed by atoms with Crippen LogP contribution in [0, 0.1) is 6.92 Å². The summed E-state index contributed by atoms with van der Waals surface area (Å²) in [7, 11) is -3.77. The lowest BCUT2D eigenvalue weighted by atomic mass is 10.2. The Bertz CT molecular complexity index is 1050. The third kappa shape index (κ3) is 4.36. The van der Waals surface area contributed by atoms with Crippen LogP contribution in [0.5, 0.6) is 5.75 Å². The number of amides is 2. The van der Waals surface area contributed by atoms with E-state index in [0.29, 0.717) is 17.1 Å². The Morgan fingerprint density at radius 1 is 1.29 bits per heavy atom. The lowest BCUT2D eigenvalue weighted by Gasteiger charge is -2.19. The van der Waals surface area contributed by atoms with Crippen molar-refractivity contribution in [2.75, 3.05) is 17.2 Å². The molecule has 148 valence electrons. The van der Waals surface area contributed by atoms with E-state index < -0.39 is 21.0 Å². The Labute approximate surface area is 171 Å². The van der Waals surface area contributed by atoms with E-state index in [0.717, 1.165) is 10.0 Å². The summed E-state index contributed by atoms with van der Waals surface area (Å²) in [4.78, 5) is 23.8. The number of carbonyl (C=O) groups excluding carboxylic acids is 2. The lowest BCUT2D eigenvalue weighted by Crippen LogP contribution is -2.27. The molecule has 1 atom stereocenters. The zero-order valence-corrected chi connectivity index (χ0v) is 17.7. The van der Waals surface area contributed by atoms with Crippen molar-refractivity contribution >= 4 is 49.0 Å². The van der Waals surface area contributed by atoms with Gasteiger partial charge < -0.3 is 15.4 Å². The number of ether oxygens (including phenoxy) is 1. The van der Waals surface area contributed by atoms with Crippen LogP contribution in [-0.4, -0.2) is 32.1 Å². The van der Waals surface area contributed by atoms with Gasteiger partial charge in [0.15, 0.2) is 16.4 Å². The number of halogens is 1. The van der Waals surface area contributed by atoms with Crippen LogP contribution in [0.25, 0.3) is 0 Å². The second kappa shape index (κ2) is 7.92. The Kier molecular flexibility index (Phi) is 5.76. The largest absolute Gasteiger partial charge is 0.482 e. The molecule has 0 saturated heterocycles. The summed E-state index contributed by atoms with van der Waals surface area (Å²) in [5.74, 6) is -0.346. The van der Waals surface area contributed by atoms with Gasteiger partial charge in [0.1, 0.15) is 5.75 Å². The molecule has 2 amide bonds. The summed E-state index contributed by atoms with van der Waals surface area (Å²) in [6, 6.07) is 9.73. The van der Waals surface area contributed by atoms with Gasteiger partial charge in [-0.25, -0.2) is 8.42 Å². The van der Waals surface area contributed by atoms with Crippen LogP contribution in [0.3, 0.4) is 0 Å². The van der Waals surface area contributed by atoms with Crippen LogP contribution in [0.1, 0.15) is 18.9 Å². The minimum Gasteiger partial charge on any atom is -0.482 e. The average Bonchev–Trinajstić information content (AvgIpc) is 2.63. The highest BCUT2D eigenvalue weighted by Gasteiger charge is 2.28. The quantitative estimate of drug-likeness (QED) is 0.703. The van der Waals surface area contributed by atoms with Gasteiger partial charge >= 0.3 is 0 Å². The van der Waals surface area contributed by atoms with Gasteiger partial charge in [0.05, 0.1) is 21.5 Å². The summed E-state index contributed by atoms with van der Waals surface area (Å²) < 4.78 is 31.7. The van der Waals surface area contributed by atoms with Crippen LogP contribution in [-0.2, 0) is 19.4 Å². The molecule has 0 bridgehead atoms. The molecule has 0 radical (unpaired) electrons. The molecule has 1 unspecified atom stereocenters. The Balaban J connectivity index is 1.74. The second-order valence-electron chi connectivity index (χ2n) is 6.59.